The number of nitrogens with zero attached hydrogens (tertiary/aromatic N) is 6. The Morgan fingerprint density at radius 2 is 1.66 bits per heavy atom. The van der Waals surface area contributed by atoms with Crippen molar-refractivity contribution in [3.05, 3.63) is 60.8 Å². The van der Waals surface area contributed by atoms with Gasteiger partial charge in [0.15, 0.2) is 5.65 Å². The second-order valence-electron chi connectivity index (χ2n) is 9.31. The number of hydrogen-bond acceptors (Lipinski definition) is 8. The van der Waals surface area contributed by atoms with Crippen LogP contribution < -0.4 is 20.9 Å². The average molecular weight is 470 g/mol. The molecule has 2 aromatic carbocycles. The first kappa shape index (κ1) is 21.8. The van der Waals surface area contributed by atoms with Crippen molar-refractivity contribution in [1.82, 2.24) is 29.7 Å². The fraction of sp³-hybridized carbons (Fsp3) is 0.346. The predicted octanol–water partition coefficient (Wildman–Crippen LogP) is 3.60. The van der Waals surface area contributed by atoms with Gasteiger partial charge in [0.1, 0.15) is 5.52 Å². The van der Waals surface area contributed by atoms with E-state index in [0.717, 1.165) is 74.2 Å². The molecule has 0 amide bonds. The second-order valence-corrected chi connectivity index (χ2v) is 9.31. The summed E-state index contributed by atoms with van der Waals surface area (Å²) >= 11 is 0. The van der Waals surface area contributed by atoms with Gasteiger partial charge in [0, 0.05) is 49.8 Å². The van der Waals surface area contributed by atoms with E-state index in [0.29, 0.717) is 5.95 Å². The monoisotopic (exact) mass is 469 g/mol. The van der Waals surface area contributed by atoms with E-state index >= 15 is 0 Å². The standard InChI is InChI=1S/C26H31N9/c1-33-13-15-34(16-14-33)21-9-7-20(8-10-21)29-25-28-18-23-24(32-25)35(22-11-12-27-17-22)26(31-23)30-19-5-3-2-4-6-19/h2-10,18,22,27H,11-17H2,1H3,(H,30,31)(H,28,29,32)/t22-/m0/s1. The highest BCUT2D eigenvalue weighted by atomic mass is 15.3. The number of anilines is 5. The van der Waals surface area contributed by atoms with Gasteiger partial charge in [-0.3, -0.25) is 4.57 Å². The van der Waals surface area contributed by atoms with Crippen LogP contribution in [0, 0.1) is 0 Å². The Bertz CT molecular complexity index is 1270. The van der Waals surface area contributed by atoms with Gasteiger partial charge in [-0.2, -0.15) is 4.98 Å². The van der Waals surface area contributed by atoms with Crippen LogP contribution in [0.5, 0.6) is 0 Å². The van der Waals surface area contributed by atoms with Crippen molar-refractivity contribution in [2.24, 2.45) is 0 Å². The molecule has 180 valence electrons. The molecule has 0 radical (unpaired) electrons. The van der Waals surface area contributed by atoms with E-state index in [4.69, 9.17) is 9.97 Å². The SMILES string of the molecule is CN1CCN(c2ccc(Nc3ncc4nc(Nc5ccccc5)n([C@H]5CCNC5)c4n3)cc2)CC1. The van der Waals surface area contributed by atoms with Crippen molar-refractivity contribution >= 4 is 40.1 Å². The van der Waals surface area contributed by atoms with Gasteiger partial charge in [-0.25, -0.2) is 9.97 Å². The van der Waals surface area contributed by atoms with E-state index in [2.05, 4.69) is 66.6 Å². The Morgan fingerprint density at radius 3 is 2.40 bits per heavy atom. The predicted molar refractivity (Wildman–Crippen MR) is 141 cm³/mol. The first-order chi connectivity index (χ1) is 17.2. The molecule has 0 bridgehead atoms. The van der Waals surface area contributed by atoms with Crippen LogP contribution >= 0.6 is 0 Å². The first-order valence-corrected chi connectivity index (χ1v) is 12.3. The highest BCUT2D eigenvalue weighted by Gasteiger charge is 2.24. The van der Waals surface area contributed by atoms with Gasteiger partial charge < -0.3 is 25.8 Å². The molecule has 0 unspecified atom stereocenters. The number of para-hydroxylation sites is 1. The second kappa shape index (κ2) is 9.52. The zero-order valence-electron chi connectivity index (χ0n) is 20.0. The molecule has 6 rings (SSSR count). The largest absolute Gasteiger partial charge is 0.369 e. The fourth-order valence-corrected chi connectivity index (χ4v) is 4.84. The third-order valence-electron chi connectivity index (χ3n) is 6.85. The lowest BCUT2D eigenvalue weighted by Gasteiger charge is -2.34. The smallest absolute Gasteiger partial charge is 0.229 e. The Hall–Kier alpha value is -3.69. The molecule has 0 aliphatic carbocycles. The van der Waals surface area contributed by atoms with Crippen molar-refractivity contribution < 1.29 is 0 Å². The van der Waals surface area contributed by atoms with Crippen molar-refractivity contribution in [1.29, 1.82) is 0 Å². The quantitative estimate of drug-likeness (QED) is 0.395. The van der Waals surface area contributed by atoms with Crippen LogP contribution in [0.3, 0.4) is 0 Å². The summed E-state index contributed by atoms with van der Waals surface area (Å²) in [6, 6.07) is 19.0. The summed E-state index contributed by atoms with van der Waals surface area (Å²) < 4.78 is 2.21. The number of benzene rings is 2. The normalized spacial score (nSPS) is 18.8. The zero-order valence-corrected chi connectivity index (χ0v) is 20.0. The summed E-state index contributed by atoms with van der Waals surface area (Å²) in [4.78, 5) is 19.1. The molecule has 2 fully saturated rings. The number of nitrogens with one attached hydrogen (secondary N) is 3. The summed E-state index contributed by atoms with van der Waals surface area (Å²) in [6.07, 6.45) is 2.84. The lowest BCUT2D eigenvalue weighted by molar-refractivity contribution is 0.313. The molecule has 9 heteroatoms. The van der Waals surface area contributed by atoms with Gasteiger partial charge in [-0.05, 0) is 56.4 Å². The number of hydrogen-bond donors (Lipinski definition) is 3. The topological polar surface area (TPSA) is 86.2 Å². The fourth-order valence-electron chi connectivity index (χ4n) is 4.84. The van der Waals surface area contributed by atoms with E-state index in [9.17, 15) is 0 Å². The molecule has 35 heavy (non-hydrogen) atoms. The zero-order chi connectivity index (χ0) is 23.6. The van der Waals surface area contributed by atoms with Crippen LogP contribution in [0.2, 0.25) is 0 Å². The lowest BCUT2D eigenvalue weighted by Crippen LogP contribution is -2.44. The number of imidazole rings is 1. The minimum Gasteiger partial charge on any atom is -0.369 e. The van der Waals surface area contributed by atoms with Gasteiger partial charge in [0.05, 0.1) is 12.2 Å². The maximum atomic E-state index is 4.89. The Kier molecular flexibility index (Phi) is 5.93. The summed E-state index contributed by atoms with van der Waals surface area (Å²) in [7, 11) is 2.18. The van der Waals surface area contributed by atoms with E-state index in [1.54, 1.807) is 6.20 Å². The molecular weight excluding hydrogens is 438 g/mol. The molecule has 2 aliphatic heterocycles. The number of fused-ring (bicyclic) bond motifs is 1. The number of aromatic nitrogens is 4. The molecule has 0 spiro atoms. The maximum absolute atomic E-state index is 4.89. The molecule has 2 aliphatic rings. The molecule has 4 aromatic rings. The highest BCUT2D eigenvalue weighted by Crippen LogP contribution is 2.29. The van der Waals surface area contributed by atoms with E-state index in [1.807, 2.05) is 30.3 Å². The molecule has 9 nitrogen and oxygen atoms in total. The van der Waals surface area contributed by atoms with E-state index in [-0.39, 0.29) is 6.04 Å². The summed E-state index contributed by atoms with van der Waals surface area (Å²) in [5.74, 6) is 1.37. The average Bonchev–Trinajstić information content (AvgIpc) is 3.53. The van der Waals surface area contributed by atoms with Crippen LogP contribution in [0.1, 0.15) is 12.5 Å². The van der Waals surface area contributed by atoms with Crippen LogP contribution in [-0.4, -0.2) is 70.7 Å². The Morgan fingerprint density at radius 1 is 0.886 bits per heavy atom. The molecule has 2 aromatic heterocycles. The molecule has 0 saturated carbocycles. The summed E-state index contributed by atoms with van der Waals surface area (Å²) in [5.41, 5.74) is 4.85. The summed E-state index contributed by atoms with van der Waals surface area (Å²) in [6.45, 7) is 6.20. The minimum absolute atomic E-state index is 0.289. The molecule has 3 N–H and O–H groups in total. The van der Waals surface area contributed by atoms with Crippen LogP contribution in [0.25, 0.3) is 11.2 Å². The number of piperazine rings is 1. The van der Waals surface area contributed by atoms with Crippen molar-refractivity contribution in [2.45, 2.75) is 12.5 Å². The lowest BCUT2D eigenvalue weighted by atomic mass is 10.2. The summed E-state index contributed by atoms with van der Waals surface area (Å²) in [5, 5.41) is 10.3. The highest BCUT2D eigenvalue weighted by molar-refractivity contribution is 5.77. The van der Waals surface area contributed by atoms with Gasteiger partial charge in [0.2, 0.25) is 11.9 Å². The first-order valence-electron chi connectivity index (χ1n) is 12.3. The molecule has 4 heterocycles. The van der Waals surface area contributed by atoms with E-state index in [1.165, 1.54) is 5.69 Å². The van der Waals surface area contributed by atoms with Crippen LogP contribution in [0.4, 0.5) is 29.0 Å². The van der Waals surface area contributed by atoms with E-state index < -0.39 is 0 Å². The van der Waals surface area contributed by atoms with Gasteiger partial charge >= 0.3 is 0 Å². The molecule has 1 atom stereocenters. The van der Waals surface area contributed by atoms with Crippen molar-refractivity contribution in [2.75, 3.05) is 61.8 Å². The van der Waals surface area contributed by atoms with Gasteiger partial charge in [-0.1, -0.05) is 18.2 Å². The maximum Gasteiger partial charge on any atom is 0.229 e. The minimum atomic E-state index is 0.289. The third-order valence-corrected chi connectivity index (χ3v) is 6.85. The third kappa shape index (κ3) is 4.65. The van der Waals surface area contributed by atoms with Gasteiger partial charge in [-0.15, -0.1) is 0 Å². The van der Waals surface area contributed by atoms with Gasteiger partial charge in [0.25, 0.3) is 0 Å². The molecule has 2 saturated heterocycles. The Labute approximate surface area is 205 Å². The van der Waals surface area contributed by atoms with Crippen LogP contribution in [-0.2, 0) is 0 Å². The molecular formula is C26H31N9. The van der Waals surface area contributed by atoms with Crippen LogP contribution in [0.15, 0.2) is 60.8 Å². The van der Waals surface area contributed by atoms with Crippen molar-refractivity contribution in [3.63, 3.8) is 0 Å². The number of likely N-dealkylation sites (N-methyl/N-ethyl adjacent to an activating group) is 1. The Balaban J connectivity index is 1.26. The number of rotatable bonds is 6. The van der Waals surface area contributed by atoms with Crippen molar-refractivity contribution in [3.8, 4) is 0 Å².